The zero-order valence-electron chi connectivity index (χ0n) is 14.8. The molecule has 2 heterocycles. The highest BCUT2D eigenvalue weighted by atomic mass is 16.3. The first-order chi connectivity index (χ1) is 12.3. The first-order valence-corrected chi connectivity index (χ1v) is 9.53. The van der Waals surface area contributed by atoms with Crippen LogP contribution in [0.2, 0.25) is 0 Å². The molecule has 5 nitrogen and oxygen atoms in total. The molecule has 25 heavy (non-hydrogen) atoms. The highest BCUT2D eigenvalue weighted by molar-refractivity contribution is 5.30. The van der Waals surface area contributed by atoms with Crippen LogP contribution in [-0.2, 0) is 6.54 Å². The predicted octanol–water partition coefficient (Wildman–Crippen LogP) is 2.29. The molecular formula is C20H28N4O. The molecule has 1 aliphatic heterocycles. The van der Waals surface area contributed by atoms with Crippen LogP contribution in [0.4, 0.5) is 0 Å². The Bertz CT molecular complexity index is 663. The van der Waals surface area contributed by atoms with Gasteiger partial charge in [-0.1, -0.05) is 31.0 Å². The Morgan fingerprint density at radius 2 is 1.76 bits per heavy atom. The molecule has 0 amide bonds. The summed E-state index contributed by atoms with van der Waals surface area (Å²) < 4.78 is 1.95. The van der Waals surface area contributed by atoms with Crippen molar-refractivity contribution < 1.29 is 5.11 Å². The lowest BCUT2D eigenvalue weighted by molar-refractivity contribution is -0.00472. The number of aliphatic hydroxyl groups excluding tert-OH is 1. The lowest BCUT2D eigenvalue weighted by atomic mass is 9.91. The van der Waals surface area contributed by atoms with Gasteiger partial charge in [-0.2, -0.15) is 5.10 Å². The Morgan fingerprint density at radius 1 is 1.00 bits per heavy atom. The molecule has 1 saturated carbocycles. The molecule has 1 aromatic heterocycles. The molecule has 2 unspecified atom stereocenters. The average molecular weight is 340 g/mol. The summed E-state index contributed by atoms with van der Waals surface area (Å²) in [5.41, 5.74) is 2.36. The molecule has 134 valence electrons. The van der Waals surface area contributed by atoms with E-state index in [1.165, 1.54) is 18.4 Å². The molecule has 2 aliphatic rings. The minimum absolute atomic E-state index is 0.121. The molecule has 5 heteroatoms. The highest BCUT2D eigenvalue weighted by Gasteiger charge is 2.30. The van der Waals surface area contributed by atoms with Gasteiger partial charge in [0.05, 0.1) is 18.0 Å². The standard InChI is InChI=1S/C20H28N4O/c25-20-9-5-4-8-19(20)23-12-10-22(11-13-23)15-17-14-21-24(16-17)18-6-2-1-3-7-18/h1-3,6-7,14,16,19-20,25H,4-5,8-13,15H2. The third kappa shape index (κ3) is 3.94. The topological polar surface area (TPSA) is 44.5 Å². The largest absolute Gasteiger partial charge is 0.391 e. The van der Waals surface area contributed by atoms with Gasteiger partial charge in [0.1, 0.15) is 0 Å². The van der Waals surface area contributed by atoms with Crippen LogP contribution in [0.3, 0.4) is 0 Å². The molecule has 1 N–H and O–H groups in total. The molecule has 0 spiro atoms. The van der Waals surface area contributed by atoms with Gasteiger partial charge in [-0.15, -0.1) is 0 Å². The van der Waals surface area contributed by atoms with Crippen molar-refractivity contribution in [3.05, 3.63) is 48.3 Å². The maximum Gasteiger partial charge on any atom is 0.0695 e. The van der Waals surface area contributed by atoms with Crippen LogP contribution < -0.4 is 0 Å². The lowest BCUT2D eigenvalue weighted by Crippen LogP contribution is -2.54. The fourth-order valence-electron chi connectivity index (χ4n) is 4.19. The number of benzene rings is 1. The second-order valence-corrected chi connectivity index (χ2v) is 7.36. The van der Waals surface area contributed by atoms with E-state index in [0.29, 0.717) is 6.04 Å². The molecule has 2 atom stereocenters. The summed E-state index contributed by atoms with van der Waals surface area (Å²) in [6.45, 7) is 5.22. The normalized spacial score (nSPS) is 26.0. The summed E-state index contributed by atoms with van der Waals surface area (Å²) in [5.74, 6) is 0. The first kappa shape index (κ1) is 16.8. The Hall–Kier alpha value is -1.69. The summed E-state index contributed by atoms with van der Waals surface area (Å²) in [6.07, 6.45) is 8.57. The third-order valence-electron chi connectivity index (χ3n) is 5.63. The average Bonchev–Trinajstić information content (AvgIpc) is 3.12. The summed E-state index contributed by atoms with van der Waals surface area (Å²) in [7, 11) is 0. The SMILES string of the molecule is OC1CCCCC1N1CCN(Cc2cnn(-c3ccccc3)c2)CC1. The molecular weight excluding hydrogens is 312 g/mol. The zero-order chi connectivity index (χ0) is 17.1. The molecule has 1 aromatic carbocycles. The number of aliphatic hydroxyl groups is 1. The predicted molar refractivity (Wildman–Crippen MR) is 98.7 cm³/mol. The van der Waals surface area contributed by atoms with Crippen LogP contribution >= 0.6 is 0 Å². The molecule has 0 bridgehead atoms. The van der Waals surface area contributed by atoms with Crippen LogP contribution in [0.25, 0.3) is 5.69 Å². The summed E-state index contributed by atoms with van der Waals surface area (Å²) >= 11 is 0. The smallest absolute Gasteiger partial charge is 0.0695 e. The van der Waals surface area contributed by atoms with Gasteiger partial charge in [0.15, 0.2) is 0 Å². The van der Waals surface area contributed by atoms with Gasteiger partial charge in [-0.3, -0.25) is 9.80 Å². The molecule has 2 aromatic rings. The number of hydrogen-bond acceptors (Lipinski definition) is 4. The van der Waals surface area contributed by atoms with Gasteiger partial charge in [-0.05, 0) is 25.0 Å². The van der Waals surface area contributed by atoms with Crippen molar-refractivity contribution in [3.8, 4) is 5.69 Å². The number of rotatable bonds is 4. The summed E-state index contributed by atoms with van der Waals surface area (Å²) in [6, 6.07) is 10.6. The van der Waals surface area contributed by atoms with Gasteiger partial charge < -0.3 is 5.11 Å². The second kappa shape index (κ2) is 7.68. The molecule has 0 radical (unpaired) electrons. The fourth-order valence-corrected chi connectivity index (χ4v) is 4.19. The zero-order valence-corrected chi connectivity index (χ0v) is 14.8. The fraction of sp³-hybridized carbons (Fsp3) is 0.550. The first-order valence-electron chi connectivity index (χ1n) is 9.53. The summed E-state index contributed by atoms with van der Waals surface area (Å²) in [4.78, 5) is 5.01. The van der Waals surface area contributed by atoms with E-state index in [2.05, 4.69) is 33.2 Å². The van der Waals surface area contributed by atoms with E-state index in [9.17, 15) is 5.11 Å². The van der Waals surface area contributed by atoms with Crippen molar-refractivity contribution in [1.82, 2.24) is 19.6 Å². The van der Waals surface area contributed by atoms with E-state index in [1.807, 2.05) is 29.1 Å². The van der Waals surface area contributed by atoms with E-state index in [1.54, 1.807) is 0 Å². The van der Waals surface area contributed by atoms with Gasteiger partial charge >= 0.3 is 0 Å². The molecule has 1 aliphatic carbocycles. The van der Waals surface area contributed by atoms with Crippen molar-refractivity contribution in [2.75, 3.05) is 26.2 Å². The van der Waals surface area contributed by atoms with Crippen LogP contribution in [0.5, 0.6) is 0 Å². The highest BCUT2D eigenvalue weighted by Crippen LogP contribution is 2.24. The third-order valence-corrected chi connectivity index (χ3v) is 5.63. The van der Waals surface area contributed by atoms with E-state index in [4.69, 9.17) is 0 Å². The number of nitrogens with zero attached hydrogens (tertiary/aromatic N) is 4. The number of piperazine rings is 1. The lowest BCUT2D eigenvalue weighted by Gasteiger charge is -2.42. The Labute approximate surface area is 149 Å². The van der Waals surface area contributed by atoms with Crippen molar-refractivity contribution >= 4 is 0 Å². The van der Waals surface area contributed by atoms with Crippen LogP contribution in [0, 0.1) is 0 Å². The van der Waals surface area contributed by atoms with Crippen molar-refractivity contribution in [3.63, 3.8) is 0 Å². The number of hydrogen-bond donors (Lipinski definition) is 1. The second-order valence-electron chi connectivity index (χ2n) is 7.36. The van der Waals surface area contributed by atoms with Crippen LogP contribution in [0.15, 0.2) is 42.7 Å². The maximum atomic E-state index is 10.3. The molecule has 1 saturated heterocycles. The van der Waals surface area contributed by atoms with Gasteiger partial charge in [0.25, 0.3) is 0 Å². The van der Waals surface area contributed by atoms with Gasteiger partial charge in [0, 0.05) is 50.5 Å². The van der Waals surface area contributed by atoms with Crippen molar-refractivity contribution in [2.45, 2.75) is 44.4 Å². The van der Waals surface area contributed by atoms with E-state index < -0.39 is 0 Å². The maximum absolute atomic E-state index is 10.3. The van der Waals surface area contributed by atoms with E-state index in [-0.39, 0.29) is 6.10 Å². The van der Waals surface area contributed by atoms with E-state index >= 15 is 0 Å². The van der Waals surface area contributed by atoms with Crippen LogP contribution in [-0.4, -0.2) is 63.0 Å². The Kier molecular flexibility index (Phi) is 5.15. The van der Waals surface area contributed by atoms with E-state index in [0.717, 1.165) is 51.3 Å². The van der Waals surface area contributed by atoms with Gasteiger partial charge in [-0.25, -0.2) is 4.68 Å². The Balaban J connectivity index is 1.31. The van der Waals surface area contributed by atoms with Crippen molar-refractivity contribution in [1.29, 1.82) is 0 Å². The van der Waals surface area contributed by atoms with Gasteiger partial charge in [0.2, 0.25) is 0 Å². The Morgan fingerprint density at radius 3 is 2.52 bits per heavy atom. The molecule has 2 fully saturated rings. The quantitative estimate of drug-likeness (QED) is 0.928. The monoisotopic (exact) mass is 340 g/mol. The minimum Gasteiger partial charge on any atom is -0.391 e. The number of aromatic nitrogens is 2. The number of para-hydroxylation sites is 1. The van der Waals surface area contributed by atoms with Crippen LogP contribution in [0.1, 0.15) is 31.2 Å². The summed E-state index contributed by atoms with van der Waals surface area (Å²) in [5, 5.41) is 14.8. The minimum atomic E-state index is -0.121. The molecule has 4 rings (SSSR count). The van der Waals surface area contributed by atoms with Crippen molar-refractivity contribution in [2.24, 2.45) is 0 Å².